The normalized spacial score (nSPS) is 10.7. The lowest BCUT2D eigenvalue weighted by Gasteiger charge is -2.05. The van der Waals surface area contributed by atoms with Crippen LogP contribution in [0.3, 0.4) is 0 Å². The predicted octanol–water partition coefficient (Wildman–Crippen LogP) is 4.10. The Bertz CT molecular complexity index is 780. The van der Waals surface area contributed by atoms with Crippen molar-refractivity contribution in [2.75, 3.05) is 0 Å². The van der Waals surface area contributed by atoms with E-state index in [0.717, 1.165) is 16.3 Å². The molecule has 0 unspecified atom stereocenters. The number of benzene rings is 2. The predicted molar refractivity (Wildman–Crippen MR) is 72.3 cm³/mol. The highest BCUT2D eigenvalue weighted by molar-refractivity contribution is 7.71. The van der Waals surface area contributed by atoms with Gasteiger partial charge in [-0.3, -0.25) is 5.10 Å². The molecule has 2 nitrogen and oxygen atoms in total. The van der Waals surface area contributed by atoms with E-state index in [9.17, 15) is 4.39 Å². The number of hydrogen-bond donors (Lipinski definition) is 1. The Labute approximate surface area is 108 Å². The molecular weight excluding hydrogens is 247 g/mol. The summed E-state index contributed by atoms with van der Waals surface area (Å²) in [5.41, 5.74) is 1.44. The SMILES string of the molecule is Fc1cccc(-c2n[nH]c(=S)c3ccccc23)c1. The topological polar surface area (TPSA) is 28.7 Å². The molecule has 1 N–H and O–H groups in total. The van der Waals surface area contributed by atoms with Gasteiger partial charge in [-0.25, -0.2) is 4.39 Å². The van der Waals surface area contributed by atoms with Crippen LogP contribution in [-0.4, -0.2) is 10.2 Å². The fraction of sp³-hybridized carbons (Fsp3) is 0. The molecule has 0 amide bonds. The van der Waals surface area contributed by atoms with Gasteiger partial charge in [0.15, 0.2) is 0 Å². The van der Waals surface area contributed by atoms with Crippen molar-refractivity contribution in [3.63, 3.8) is 0 Å². The quantitative estimate of drug-likeness (QED) is 0.664. The van der Waals surface area contributed by atoms with Crippen molar-refractivity contribution < 1.29 is 4.39 Å². The largest absolute Gasteiger partial charge is 0.267 e. The lowest BCUT2D eigenvalue weighted by atomic mass is 10.1. The minimum Gasteiger partial charge on any atom is -0.267 e. The highest BCUT2D eigenvalue weighted by Crippen LogP contribution is 2.26. The molecule has 4 heteroatoms. The third-order valence-electron chi connectivity index (χ3n) is 2.79. The first kappa shape index (κ1) is 11.0. The number of aromatic amines is 1. The first-order valence-corrected chi connectivity index (χ1v) is 5.90. The van der Waals surface area contributed by atoms with E-state index in [2.05, 4.69) is 10.2 Å². The Morgan fingerprint density at radius 2 is 1.78 bits per heavy atom. The number of aromatic nitrogens is 2. The Morgan fingerprint density at radius 3 is 2.56 bits per heavy atom. The minimum absolute atomic E-state index is 0.277. The summed E-state index contributed by atoms with van der Waals surface area (Å²) in [6, 6.07) is 14.1. The zero-order valence-electron chi connectivity index (χ0n) is 9.35. The standard InChI is InChI=1S/C14H9FN2S/c15-10-5-3-4-9(8-10)13-11-6-1-2-7-12(11)14(18)17-16-13/h1-8H,(H,17,18). The molecular formula is C14H9FN2S. The van der Waals surface area contributed by atoms with Crippen LogP contribution in [0.1, 0.15) is 0 Å². The summed E-state index contributed by atoms with van der Waals surface area (Å²) in [6.45, 7) is 0. The molecule has 88 valence electrons. The lowest BCUT2D eigenvalue weighted by Crippen LogP contribution is -1.91. The zero-order chi connectivity index (χ0) is 12.5. The highest BCUT2D eigenvalue weighted by atomic mass is 32.1. The van der Waals surface area contributed by atoms with Gasteiger partial charge >= 0.3 is 0 Å². The van der Waals surface area contributed by atoms with Gasteiger partial charge in [-0.15, -0.1) is 0 Å². The number of nitrogens with one attached hydrogen (secondary N) is 1. The van der Waals surface area contributed by atoms with Crippen LogP contribution in [-0.2, 0) is 0 Å². The van der Waals surface area contributed by atoms with Crippen molar-refractivity contribution >= 4 is 23.0 Å². The summed E-state index contributed by atoms with van der Waals surface area (Å²) in [5.74, 6) is -0.277. The van der Waals surface area contributed by atoms with Crippen molar-refractivity contribution in [3.05, 3.63) is 59.0 Å². The van der Waals surface area contributed by atoms with Crippen LogP contribution < -0.4 is 0 Å². The van der Waals surface area contributed by atoms with Crippen molar-refractivity contribution in [2.45, 2.75) is 0 Å². The number of rotatable bonds is 1. The molecule has 0 saturated heterocycles. The molecule has 0 aliphatic carbocycles. The van der Waals surface area contributed by atoms with Gasteiger partial charge in [0.2, 0.25) is 0 Å². The van der Waals surface area contributed by atoms with Crippen LogP contribution in [0.5, 0.6) is 0 Å². The maximum absolute atomic E-state index is 13.3. The van der Waals surface area contributed by atoms with E-state index in [0.29, 0.717) is 10.3 Å². The molecule has 0 atom stereocenters. The summed E-state index contributed by atoms with van der Waals surface area (Å²) in [4.78, 5) is 0. The fourth-order valence-corrected chi connectivity index (χ4v) is 2.19. The molecule has 0 bridgehead atoms. The van der Waals surface area contributed by atoms with Crippen molar-refractivity contribution in [1.29, 1.82) is 0 Å². The second kappa shape index (κ2) is 4.31. The number of halogens is 1. The van der Waals surface area contributed by atoms with E-state index in [1.165, 1.54) is 12.1 Å². The molecule has 18 heavy (non-hydrogen) atoms. The summed E-state index contributed by atoms with van der Waals surface area (Å²) < 4.78 is 13.9. The molecule has 0 saturated carbocycles. The minimum atomic E-state index is -0.277. The van der Waals surface area contributed by atoms with Gasteiger partial charge < -0.3 is 0 Å². The van der Waals surface area contributed by atoms with E-state index < -0.39 is 0 Å². The average molecular weight is 256 g/mol. The van der Waals surface area contributed by atoms with E-state index in [1.807, 2.05) is 30.3 Å². The van der Waals surface area contributed by atoms with Gasteiger partial charge in [-0.05, 0) is 12.1 Å². The third kappa shape index (κ3) is 1.80. The zero-order valence-corrected chi connectivity index (χ0v) is 10.2. The summed E-state index contributed by atoms with van der Waals surface area (Å²) in [5, 5.41) is 8.87. The smallest absolute Gasteiger partial charge is 0.127 e. The van der Waals surface area contributed by atoms with E-state index in [1.54, 1.807) is 6.07 Å². The first-order chi connectivity index (χ1) is 8.75. The van der Waals surface area contributed by atoms with Crippen LogP contribution >= 0.6 is 12.2 Å². The summed E-state index contributed by atoms with van der Waals surface area (Å²) in [7, 11) is 0. The summed E-state index contributed by atoms with van der Waals surface area (Å²) >= 11 is 5.20. The van der Waals surface area contributed by atoms with Crippen LogP contribution in [0, 0.1) is 10.5 Å². The molecule has 0 fully saturated rings. The van der Waals surface area contributed by atoms with E-state index >= 15 is 0 Å². The number of hydrogen-bond acceptors (Lipinski definition) is 2. The molecule has 0 radical (unpaired) electrons. The first-order valence-electron chi connectivity index (χ1n) is 5.49. The van der Waals surface area contributed by atoms with Gasteiger partial charge in [-0.1, -0.05) is 48.6 Å². The van der Waals surface area contributed by atoms with E-state index in [-0.39, 0.29) is 5.82 Å². The van der Waals surface area contributed by atoms with E-state index in [4.69, 9.17) is 12.2 Å². The van der Waals surface area contributed by atoms with Crippen molar-refractivity contribution in [2.24, 2.45) is 0 Å². The molecule has 3 rings (SSSR count). The Hall–Kier alpha value is -2.07. The molecule has 0 spiro atoms. The lowest BCUT2D eigenvalue weighted by molar-refractivity contribution is 0.628. The maximum Gasteiger partial charge on any atom is 0.127 e. The second-order valence-electron chi connectivity index (χ2n) is 3.96. The van der Waals surface area contributed by atoms with Gasteiger partial charge in [-0.2, -0.15) is 5.10 Å². The molecule has 0 aliphatic heterocycles. The molecule has 1 aromatic heterocycles. The Morgan fingerprint density at radius 1 is 1.00 bits per heavy atom. The third-order valence-corrected chi connectivity index (χ3v) is 3.11. The van der Waals surface area contributed by atoms with Gasteiger partial charge in [0.25, 0.3) is 0 Å². The monoisotopic (exact) mass is 256 g/mol. The molecule has 3 aromatic rings. The van der Waals surface area contributed by atoms with Crippen LogP contribution in [0.25, 0.3) is 22.0 Å². The number of nitrogens with zero attached hydrogens (tertiary/aromatic N) is 1. The number of fused-ring (bicyclic) bond motifs is 1. The average Bonchev–Trinajstić information content (AvgIpc) is 2.39. The van der Waals surface area contributed by atoms with Crippen LogP contribution in [0.4, 0.5) is 4.39 Å². The van der Waals surface area contributed by atoms with Gasteiger partial charge in [0.05, 0.1) is 5.69 Å². The highest BCUT2D eigenvalue weighted by Gasteiger charge is 2.07. The maximum atomic E-state index is 13.3. The Balaban J connectivity index is 2.37. The van der Waals surface area contributed by atoms with Gasteiger partial charge in [0.1, 0.15) is 10.5 Å². The fourth-order valence-electron chi connectivity index (χ4n) is 1.97. The molecule has 1 heterocycles. The van der Waals surface area contributed by atoms with Crippen molar-refractivity contribution in [3.8, 4) is 11.3 Å². The Kier molecular flexibility index (Phi) is 2.64. The van der Waals surface area contributed by atoms with Gasteiger partial charge in [0, 0.05) is 16.3 Å². The summed E-state index contributed by atoms with van der Waals surface area (Å²) in [6.07, 6.45) is 0. The number of H-pyrrole nitrogens is 1. The molecule has 2 aromatic carbocycles. The molecule has 0 aliphatic rings. The van der Waals surface area contributed by atoms with Crippen LogP contribution in [0.15, 0.2) is 48.5 Å². The van der Waals surface area contributed by atoms with Crippen LogP contribution in [0.2, 0.25) is 0 Å². The van der Waals surface area contributed by atoms with Crippen molar-refractivity contribution in [1.82, 2.24) is 10.2 Å². The second-order valence-corrected chi connectivity index (χ2v) is 4.37.